The lowest BCUT2D eigenvalue weighted by molar-refractivity contribution is 1.07. The molecule has 0 spiro atoms. The molecule has 0 N–H and O–H groups in total. The molecule has 0 bridgehead atoms. The minimum absolute atomic E-state index is 0.639. The Hall–Kier alpha value is -7.41. The molecule has 0 unspecified atom stereocenters. The van der Waals surface area contributed by atoms with Gasteiger partial charge in [0.25, 0.3) is 0 Å². The minimum Gasteiger partial charge on any atom is -0.309 e. The molecular formula is C51H31N5S. The fourth-order valence-electron chi connectivity index (χ4n) is 8.59. The van der Waals surface area contributed by atoms with Gasteiger partial charge in [-0.1, -0.05) is 121 Å². The standard InChI is InChI=1S/C51H31N5S/c1-3-13-32(14-4-1)49-52-50(33-15-5-2-6-16-33)54-51(53-49)34-23-25-35(26-24-34)55-42-20-10-7-17-37(42)41-31-36(27-29-44(41)55)56-43-21-11-8-19-40(43)47-45(56)30-28-39-38-18-9-12-22-46(38)57-48(39)47/h1-31H. The molecule has 4 aromatic heterocycles. The second-order valence-electron chi connectivity index (χ2n) is 14.4. The van der Waals surface area contributed by atoms with E-state index in [-0.39, 0.29) is 0 Å². The average molecular weight is 746 g/mol. The highest BCUT2D eigenvalue weighted by Crippen LogP contribution is 2.44. The quantitative estimate of drug-likeness (QED) is 0.176. The van der Waals surface area contributed by atoms with E-state index in [1.54, 1.807) is 0 Å². The van der Waals surface area contributed by atoms with Gasteiger partial charge in [0.05, 0.1) is 22.1 Å². The smallest absolute Gasteiger partial charge is 0.164 e. The normalized spacial score (nSPS) is 11.9. The molecule has 0 aliphatic heterocycles. The summed E-state index contributed by atoms with van der Waals surface area (Å²) in [5.41, 5.74) is 9.79. The van der Waals surface area contributed by atoms with Crippen LogP contribution in [0.4, 0.5) is 0 Å². The van der Waals surface area contributed by atoms with Crippen LogP contribution < -0.4 is 0 Å². The van der Waals surface area contributed by atoms with E-state index in [0.717, 1.165) is 39.1 Å². The summed E-state index contributed by atoms with van der Waals surface area (Å²) in [6, 6.07) is 66.6. The van der Waals surface area contributed by atoms with Crippen molar-refractivity contribution in [1.82, 2.24) is 24.1 Å². The first-order chi connectivity index (χ1) is 28.3. The Kier molecular flexibility index (Phi) is 7.03. The van der Waals surface area contributed by atoms with Crippen molar-refractivity contribution in [3.05, 3.63) is 188 Å². The van der Waals surface area contributed by atoms with Crippen LogP contribution in [0.15, 0.2) is 188 Å². The fourth-order valence-corrected chi connectivity index (χ4v) is 9.85. The van der Waals surface area contributed by atoms with Gasteiger partial charge >= 0.3 is 0 Å². The molecule has 5 nitrogen and oxygen atoms in total. The van der Waals surface area contributed by atoms with E-state index in [1.807, 2.05) is 72.0 Å². The first-order valence-electron chi connectivity index (χ1n) is 19.1. The van der Waals surface area contributed by atoms with Crippen LogP contribution >= 0.6 is 11.3 Å². The van der Waals surface area contributed by atoms with Crippen molar-refractivity contribution in [2.24, 2.45) is 0 Å². The Morgan fingerprint density at radius 2 is 0.825 bits per heavy atom. The molecule has 0 saturated heterocycles. The molecule has 266 valence electrons. The Balaban J connectivity index is 1.00. The van der Waals surface area contributed by atoms with Crippen LogP contribution in [0.25, 0.3) is 109 Å². The number of nitrogens with zero attached hydrogens (tertiary/aromatic N) is 5. The number of para-hydroxylation sites is 2. The van der Waals surface area contributed by atoms with E-state index in [0.29, 0.717) is 17.5 Å². The number of hydrogen-bond donors (Lipinski definition) is 0. The van der Waals surface area contributed by atoms with Gasteiger partial charge in [-0.3, -0.25) is 0 Å². The summed E-state index contributed by atoms with van der Waals surface area (Å²) in [6.45, 7) is 0. The SMILES string of the molecule is c1ccc(-c2nc(-c3ccccc3)nc(-c3ccc(-n4c5ccccc5c5cc(-n6c7ccccc7c7c8sc9ccccc9c8ccc76)ccc54)cc3)n2)cc1. The maximum atomic E-state index is 4.97. The fraction of sp³-hybridized carbons (Fsp3) is 0. The molecular weight excluding hydrogens is 715 g/mol. The molecule has 0 radical (unpaired) electrons. The van der Waals surface area contributed by atoms with Crippen molar-refractivity contribution >= 4 is 75.1 Å². The van der Waals surface area contributed by atoms with Crippen molar-refractivity contribution in [3.8, 4) is 45.5 Å². The Bertz CT molecular complexity index is 3450. The second kappa shape index (κ2) is 12.6. The van der Waals surface area contributed by atoms with E-state index in [9.17, 15) is 0 Å². The molecule has 0 saturated carbocycles. The summed E-state index contributed by atoms with van der Waals surface area (Å²) in [6.07, 6.45) is 0. The lowest BCUT2D eigenvalue weighted by Gasteiger charge is -2.11. The number of benzene rings is 8. The minimum atomic E-state index is 0.639. The zero-order valence-corrected chi connectivity index (χ0v) is 31.4. The highest BCUT2D eigenvalue weighted by molar-refractivity contribution is 7.26. The number of aromatic nitrogens is 5. The summed E-state index contributed by atoms with van der Waals surface area (Å²) in [4.78, 5) is 14.8. The molecule has 0 aliphatic rings. The van der Waals surface area contributed by atoms with Gasteiger partial charge in [-0.2, -0.15) is 0 Å². The lowest BCUT2D eigenvalue weighted by Crippen LogP contribution is -2.00. The molecule has 8 aromatic carbocycles. The molecule has 12 aromatic rings. The molecule has 12 rings (SSSR count). The zero-order valence-electron chi connectivity index (χ0n) is 30.5. The van der Waals surface area contributed by atoms with Crippen LogP contribution in [0.1, 0.15) is 0 Å². The number of rotatable bonds is 5. The van der Waals surface area contributed by atoms with Crippen molar-refractivity contribution in [1.29, 1.82) is 0 Å². The molecule has 57 heavy (non-hydrogen) atoms. The summed E-state index contributed by atoms with van der Waals surface area (Å²) >= 11 is 1.89. The first-order valence-corrected chi connectivity index (χ1v) is 19.9. The monoisotopic (exact) mass is 745 g/mol. The number of fused-ring (bicyclic) bond motifs is 10. The van der Waals surface area contributed by atoms with Crippen molar-refractivity contribution in [2.75, 3.05) is 0 Å². The van der Waals surface area contributed by atoms with E-state index < -0.39 is 0 Å². The van der Waals surface area contributed by atoms with Crippen LogP contribution in [-0.4, -0.2) is 24.1 Å². The molecule has 0 atom stereocenters. The predicted molar refractivity (Wildman–Crippen MR) is 238 cm³/mol. The van der Waals surface area contributed by atoms with E-state index >= 15 is 0 Å². The van der Waals surface area contributed by atoms with Gasteiger partial charge in [0, 0.05) is 69.8 Å². The molecule has 0 aliphatic carbocycles. The van der Waals surface area contributed by atoms with Crippen molar-refractivity contribution in [2.45, 2.75) is 0 Å². The molecule has 0 amide bonds. The Morgan fingerprint density at radius 1 is 0.333 bits per heavy atom. The maximum absolute atomic E-state index is 4.97. The summed E-state index contributed by atoms with van der Waals surface area (Å²) < 4.78 is 7.47. The molecule has 4 heterocycles. The van der Waals surface area contributed by atoms with Gasteiger partial charge in [0.15, 0.2) is 17.5 Å². The Morgan fingerprint density at radius 3 is 1.51 bits per heavy atom. The zero-order chi connectivity index (χ0) is 37.5. The predicted octanol–water partition coefficient (Wildman–Crippen LogP) is 13.4. The molecule has 0 fully saturated rings. The third-order valence-corrected chi connectivity index (χ3v) is 12.4. The average Bonchev–Trinajstić information content (AvgIpc) is 3.94. The highest BCUT2D eigenvalue weighted by atomic mass is 32.1. The van der Waals surface area contributed by atoms with E-state index in [1.165, 1.54) is 52.8 Å². The topological polar surface area (TPSA) is 48.5 Å². The summed E-state index contributed by atoms with van der Waals surface area (Å²) in [5, 5.41) is 7.65. The van der Waals surface area contributed by atoms with Gasteiger partial charge in [-0.25, -0.2) is 15.0 Å². The third-order valence-electron chi connectivity index (χ3n) is 11.2. The summed E-state index contributed by atoms with van der Waals surface area (Å²) in [5.74, 6) is 1.94. The van der Waals surface area contributed by atoms with Crippen LogP contribution in [0.3, 0.4) is 0 Å². The van der Waals surface area contributed by atoms with Crippen LogP contribution in [0.2, 0.25) is 0 Å². The largest absolute Gasteiger partial charge is 0.309 e. The van der Waals surface area contributed by atoms with Gasteiger partial charge in [-0.15, -0.1) is 11.3 Å². The number of thiophene rings is 1. The van der Waals surface area contributed by atoms with Crippen molar-refractivity contribution < 1.29 is 0 Å². The van der Waals surface area contributed by atoms with Crippen LogP contribution in [-0.2, 0) is 0 Å². The van der Waals surface area contributed by atoms with Gasteiger partial charge in [0.2, 0.25) is 0 Å². The Labute approximate surface area is 331 Å². The molecule has 6 heteroatoms. The third kappa shape index (κ3) is 4.98. The van der Waals surface area contributed by atoms with E-state index in [4.69, 9.17) is 15.0 Å². The van der Waals surface area contributed by atoms with E-state index in [2.05, 4.69) is 137 Å². The van der Waals surface area contributed by atoms with Gasteiger partial charge in [-0.05, 0) is 66.7 Å². The van der Waals surface area contributed by atoms with Gasteiger partial charge < -0.3 is 9.13 Å². The second-order valence-corrected chi connectivity index (χ2v) is 15.5. The van der Waals surface area contributed by atoms with Crippen molar-refractivity contribution in [3.63, 3.8) is 0 Å². The summed E-state index contributed by atoms with van der Waals surface area (Å²) in [7, 11) is 0. The maximum Gasteiger partial charge on any atom is 0.164 e. The highest BCUT2D eigenvalue weighted by Gasteiger charge is 2.20. The van der Waals surface area contributed by atoms with Crippen LogP contribution in [0, 0.1) is 0 Å². The lowest BCUT2D eigenvalue weighted by atomic mass is 10.1. The number of hydrogen-bond acceptors (Lipinski definition) is 4. The van der Waals surface area contributed by atoms with Crippen LogP contribution in [0.5, 0.6) is 0 Å². The first kappa shape index (κ1) is 31.9. The van der Waals surface area contributed by atoms with Gasteiger partial charge in [0.1, 0.15) is 0 Å².